The topological polar surface area (TPSA) is 77.8 Å². The van der Waals surface area contributed by atoms with Crippen molar-refractivity contribution in [3.05, 3.63) is 34.9 Å². The molecule has 0 heterocycles. The lowest BCUT2D eigenvalue weighted by molar-refractivity contribution is -0.0168. The van der Waals surface area contributed by atoms with E-state index in [1.165, 1.54) is 0 Å². The largest absolute Gasteiger partial charge is 0.394 e. The van der Waals surface area contributed by atoms with Crippen molar-refractivity contribution in [3.8, 4) is 0 Å². The van der Waals surface area contributed by atoms with Crippen molar-refractivity contribution in [2.24, 2.45) is 0 Å². The Labute approximate surface area is 96.1 Å². The summed E-state index contributed by atoms with van der Waals surface area (Å²) in [5.74, 6) is -2.76. The zero-order valence-corrected chi connectivity index (χ0v) is 9.02. The molecular weight excluding hydrogens is 234 g/mol. The van der Waals surface area contributed by atoms with Crippen molar-refractivity contribution in [1.29, 1.82) is 0 Å². The minimum Gasteiger partial charge on any atom is -0.394 e. The predicted octanol–water partition coefficient (Wildman–Crippen LogP) is 0.554. The van der Waals surface area contributed by atoms with E-state index in [1.54, 1.807) is 0 Å². The van der Waals surface area contributed by atoms with Crippen molar-refractivity contribution >= 4 is 5.78 Å². The predicted molar refractivity (Wildman–Crippen MR) is 54.4 cm³/mol. The summed E-state index contributed by atoms with van der Waals surface area (Å²) in [6.45, 7) is 0.308. The lowest BCUT2D eigenvalue weighted by Crippen LogP contribution is -2.23. The first-order chi connectivity index (χ1) is 7.88. The molecule has 0 aliphatic heterocycles. The molecule has 0 aromatic heterocycles. The van der Waals surface area contributed by atoms with Gasteiger partial charge in [0.15, 0.2) is 5.78 Å². The molecule has 0 fully saturated rings. The highest BCUT2D eigenvalue weighted by Gasteiger charge is 2.23. The lowest BCUT2D eigenvalue weighted by atomic mass is 9.99. The Balaban J connectivity index is 3.24. The first-order valence-corrected chi connectivity index (χ1v) is 4.85. The molecule has 0 aliphatic rings. The highest BCUT2D eigenvalue weighted by atomic mass is 19.1. The molecule has 0 aliphatic carbocycles. The summed E-state index contributed by atoms with van der Waals surface area (Å²) in [4.78, 5) is 11.0. The number of hydrogen-bond acceptors (Lipinski definition) is 4. The third-order valence-electron chi connectivity index (χ3n) is 2.34. The molecule has 0 saturated heterocycles. The molecule has 1 aromatic carbocycles. The van der Waals surface area contributed by atoms with Crippen molar-refractivity contribution < 1.29 is 28.9 Å². The molecule has 94 valence electrons. The van der Waals surface area contributed by atoms with Gasteiger partial charge in [-0.15, -0.1) is 0 Å². The average Bonchev–Trinajstić information content (AvgIpc) is 2.26. The summed E-state index contributed by atoms with van der Waals surface area (Å²) in [6.07, 6.45) is -3.33. The van der Waals surface area contributed by atoms with Gasteiger partial charge < -0.3 is 15.3 Å². The average molecular weight is 246 g/mol. The van der Waals surface area contributed by atoms with Crippen LogP contribution in [0.2, 0.25) is 0 Å². The number of carbonyl (C=O) groups excluding carboxylic acids is 1. The summed E-state index contributed by atoms with van der Waals surface area (Å²) >= 11 is 0. The van der Waals surface area contributed by atoms with Gasteiger partial charge in [0.1, 0.15) is 23.8 Å². The van der Waals surface area contributed by atoms with Gasteiger partial charge in [-0.3, -0.25) is 4.79 Å². The SMILES string of the molecule is CC(=O)c1cc(C(O)C(O)CO)c(F)cc1F. The summed E-state index contributed by atoms with van der Waals surface area (Å²) in [6, 6.07) is 1.29. The Morgan fingerprint density at radius 3 is 2.35 bits per heavy atom. The summed E-state index contributed by atoms with van der Waals surface area (Å²) in [7, 11) is 0. The fourth-order valence-corrected chi connectivity index (χ4v) is 1.37. The Hall–Kier alpha value is -1.37. The molecule has 2 unspecified atom stereocenters. The molecular formula is C11H12F2O4. The molecule has 0 amide bonds. The van der Waals surface area contributed by atoms with Gasteiger partial charge in [0.2, 0.25) is 0 Å². The normalized spacial score (nSPS) is 14.5. The monoisotopic (exact) mass is 246 g/mol. The van der Waals surface area contributed by atoms with Crippen LogP contribution in [0.3, 0.4) is 0 Å². The van der Waals surface area contributed by atoms with Crippen molar-refractivity contribution in [2.45, 2.75) is 19.1 Å². The number of halogens is 2. The zero-order chi connectivity index (χ0) is 13.2. The summed E-state index contributed by atoms with van der Waals surface area (Å²) in [5, 5.41) is 27.3. The van der Waals surface area contributed by atoms with Gasteiger partial charge in [0.25, 0.3) is 0 Å². The number of benzene rings is 1. The van der Waals surface area contributed by atoms with E-state index in [2.05, 4.69) is 0 Å². The molecule has 0 radical (unpaired) electrons. The number of carbonyl (C=O) groups is 1. The van der Waals surface area contributed by atoms with Gasteiger partial charge in [0, 0.05) is 11.6 Å². The molecule has 1 aromatic rings. The van der Waals surface area contributed by atoms with Crippen molar-refractivity contribution in [1.82, 2.24) is 0 Å². The Kier molecular flexibility index (Phi) is 4.28. The number of Topliss-reactive ketones (excluding diaryl/α,β-unsaturated/α-hetero) is 1. The Bertz CT molecular complexity index is 434. The van der Waals surface area contributed by atoms with Crippen LogP contribution in [-0.2, 0) is 0 Å². The fourth-order valence-electron chi connectivity index (χ4n) is 1.37. The van der Waals surface area contributed by atoms with Crippen LogP contribution in [0, 0.1) is 11.6 Å². The number of aliphatic hydroxyl groups excluding tert-OH is 3. The van der Waals surface area contributed by atoms with Crippen LogP contribution in [-0.4, -0.2) is 33.8 Å². The molecule has 0 bridgehead atoms. The van der Waals surface area contributed by atoms with E-state index in [-0.39, 0.29) is 5.56 Å². The van der Waals surface area contributed by atoms with Gasteiger partial charge >= 0.3 is 0 Å². The number of ketones is 1. The Morgan fingerprint density at radius 2 is 1.88 bits per heavy atom. The zero-order valence-electron chi connectivity index (χ0n) is 9.02. The van der Waals surface area contributed by atoms with E-state index >= 15 is 0 Å². The van der Waals surface area contributed by atoms with Gasteiger partial charge in [0.05, 0.1) is 12.2 Å². The Morgan fingerprint density at radius 1 is 1.29 bits per heavy atom. The van der Waals surface area contributed by atoms with E-state index in [9.17, 15) is 18.7 Å². The maximum Gasteiger partial charge on any atom is 0.162 e. The first kappa shape index (κ1) is 13.7. The van der Waals surface area contributed by atoms with Gasteiger partial charge in [-0.1, -0.05) is 0 Å². The number of hydrogen-bond donors (Lipinski definition) is 3. The maximum atomic E-state index is 13.3. The minimum absolute atomic E-state index is 0.384. The number of aliphatic hydroxyl groups is 3. The van der Waals surface area contributed by atoms with Gasteiger partial charge in [-0.05, 0) is 13.0 Å². The second-order valence-electron chi connectivity index (χ2n) is 3.60. The molecule has 3 N–H and O–H groups in total. The first-order valence-electron chi connectivity index (χ1n) is 4.85. The smallest absolute Gasteiger partial charge is 0.162 e. The quantitative estimate of drug-likeness (QED) is 0.678. The fraction of sp³-hybridized carbons (Fsp3) is 0.364. The molecule has 0 spiro atoms. The van der Waals surface area contributed by atoms with Crippen LogP contribution in [0.4, 0.5) is 8.78 Å². The van der Waals surface area contributed by atoms with Crippen molar-refractivity contribution in [2.75, 3.05) is 6.61 Å². The second kappa shape index (κ2) is 5.31. The summed E-state index contributed by atoms with van der Waals surface area (Å²) in [5.41, 5.74) is -0.816. The molecule has 17 heavy (non-hydrogen) atoms. The number of rotatable bonds is 4. The minimum atomic E-state index is -1.72. The van der Waals surface area contributed by atoms with E-state index < -0.39 is 41.8 Å². The van der Waals surface area contributed by atoms with Gasteiger partial charge in [-0.2, -0.15) is 0 Å². The highest BCUT2D eigenvalue weighted by molar-refractivity contribution is 5.94. The highest BCUT2D eigenvalue weighted by Crippen LogP contribution is 2.23. The molecule has 2 atom stereocenters. The molecule has 6 heteroatoms. The third-order valence-corrected chi connectivity index (χ3v) is 2.34. The molecule has 1 rings (SSSR count). The van der Waals surface area contributed by atoms with E-state index in [4.69, 9.17) is 10.2 Å². The van der Waals surface area contributed by atoms with E-state index in [0.717, 1.165) is 13.0 Å². The summed E-state index contributed by atoms with van der Waals surface area (Å²) < 4.78 is 26.5. The third kappa shape index (κ3) is 2.85. The van der Waals surface area contributed by atoms with Crippen molar-refractivity contribution in [3.63, 3.8) is 0 Å². The molecule has 4 nitrogen and oxygen atoms in total. The van der Waals surface area contributed by atoms with Crippen LogP contribution < -0.4 is 0 Å². The van der Waals surface area contributed by atoms with E-state index in [0.29, 0.717) is 6.07 Å². The van der Waals surface area contributed by atoms with Gasteiger partial charge in [-0.25, -0.2) is 8.78 Å². The van der Waals surface area contributed by atoms with Crippen LogP contribution in [0.1, 0.15) is 28.9 Å². The van der Waals surface area contributed by atoms with Crippen LogP contribution >= 0.6 is 0 Å². The van der Waals surface area contributed by atoms with Crippen LogP contribution in [0.15, 0.2) is 12.1 Å². The lowest BCUT2D eigenvalue weighted by Gasteiger charge is -2.17. The van der Waals surface area contributed by atoms with Crippen LogP contribution in [0.5, 0.6) is 0 Å². The van der Waals surface area contributed by atoms with Crippen LogP contribution in [0.25, 0.3) is 0 Å². The standard InChI is InChI=1S/C11H12F2O4/c1-5(15)6-2-7(9(13)3-8(6)12)11(17)10(16)4-14/h2-3,10-11,14,16-17H,4H2,1H3. The second-order valence-corrected chi connectivity index (χ2v) is 3.60. The molecule has 0 saturated carbocycles. The van der Waals surface area contributed by atoms with E-state index in [1.807, 2.05) is 0 Å². The maximum absolute atomic E-state index is 13.3.